The van der Waals surface area contributed by atoms with Crippen LogP contribution in [0.5, 0.6) is 11.5 Å². The second-order valence-corrected chi connectivity index (χ2v) is 8.20. The molecule has 1 atom stereocenters. The van der Waals surface area contributed by atoms with Crippen molar-refractivity contribution in [3.63, 3.8) is 0 Å². The molecule has 0 saturated carbocycles. The Morgan fingerprint density at radius 2 is 1.86 bits per heavy atom. The van der Waals surface area contributed by atoms with Crippen LogP contribution in [0.4, 0.5) is 5.69 Å². The summed E-state index contributed by atoms with van der Waals surface area (Å²) in [6.45, 7) is 0.430. The second-order valence-electron chi connectivity index (χ2n) is 6.45. The normalized spacial score (nSPS) is 12.3. The van der Waals surface area contributed by atoms with Gasteiger partial charge in [-0.2, -0.15) is 0 Å². The number of anilines is 1. The quantitative estimate of drug-likeness (QED) is 0.266. The third-order valence-corrected chi connectivity index (χ3v) is 4.51. The average molecular weight is 424 g/mol. The summed E-state index contributed by atoms with van der Waals surface area (Å²) in [5, 5.41) is 31.7. The molecule has 0 fully saturated rings. The minimum atomic E-state index is -3.55. The van der Waals surface area contributed by atoms with Crippen molar-refractivity contribution in [1.29, 1.82) is 0 Å². The summed E-state index contributed by atoms with van der Waals surface area (Å²) >= 11 is 0. The van der Waals surface area contributed by atoms with Crippen LogP contribution in [-0.2, 0) is 21.2 Å². The molecule has 0 heterocycles. The highest BCUT2D eigenvalue weighted by molar-refractivity contribution is 7.92. The topological polar surface area (TPSA) is 145 Å². The number of aliphatic hydroxyl groups is 1. The molecule has 0 saturated heterocycles. The number of nitrogens with one attached hydrogen (secondary N) is 2. The van der Waals surface area contributed by atoms with Crippen LogP contribution >= 0.6 is 0 Å². The maximum atomic E-state index is 11.3. The van der Waals surface area contributed by atoms with Crippen LogP contribution in [0.15, 0.2) is 42.5 Å². The molecule has 10 heteroatoms. The van der Waals surface area contributed by atoms with Crippen molar-refractivity contribution in [3.05, 3.63) is 53.6 Å². The lowest BCUT2D eigenvalue weighted by Crippen LogP contribution is -2.24. The number of phenolic OH excluding ortho intramolecular Hbond substituents is 1. The Bertz CT molecular complexity index is 930. The van der Waals surface area contributed by atoms with Gasteiger partial charge in [0.1, 0.15) is 11.5 Å². The number of aliphatic carboxylic acids is 1. The first-order valence-corrected chi connectivity index (χ1v) is 10.7. The summed E-state index contributed by atoms with van der Waals surface area (Å²) in [7, 11) is -3.55. The fraction of sp³-hybridized carbons (Fsp3) is 0.316. The summed E-state index contributed by atoms with van der Waals surface area (Å²) in [5.41, 5.74) is 1.48. The smallest absolute Gasteiger partial charge is 0.341 e. The third kappa shape index (κ3) is 7.98. The van der Waals surface area contributed by atoms with Gasteiger partial charge in [-0.25, -0.2) is 13.2 Å². The van der Waals surface area contributed by atoms with Crippen LogP contribution in [0.3, 0.4) is 0 Å². The number of phenols is 1. The molecule has 0 radical (unpaired) electrons. The van der Waals surface area contributed by atoms with Crippen molar-refractivity contribution < 1.29 is 33.3 Å². The number of aliphatic hydroxyl groups excluding tert-OH is 1. The molecule has 0 spiro atoms. The number of rotatable bonds is 11. The Hall–Kier alpha value is -2.82. The first kappa shape index (κ1) is 22.5. The van der Waals surface area contributed by atoms with E-state index in [1.807, 2.05) is 12.1 Å². The highest BCUT2D eigenvalue weighted by Crippen LogP contribution is 2.27. The zero-order valence-electron chi connectivity index (χ0n) is 15.8. The van der Waals surface area contributed by atoms with E-state index in [-0.39, 0.29) is 18.0 Å². The van der Waals surface area contributed by atoms with Crippen molar-refractivity contribution in [3.8, 4) is 11.5 Å². The zero-order chi connectivity index (χ0) is 21.4. The van der Waals surface area contributed by atoms with Gasteiger partial charge in [-0.3, -0.25) is 4.72 Å². The summed E-state index contributed by atoms with van der Waals surface area (Å²) in [6, 6.07) is 11.3. The van der Waals surface area contributed by atoms with E-state index in [0.717, 1.165) is 11.8 Å². The van der Waals surface area contributed by atoms with Crippen molar-refractivity contribution in [2.75, 3.05) is 30.7 Å². The fourth-order valence-corrected chi connectivity index (χ4v) is 3.09. The Morgan fingerprint density at radius 1 is 1.17 bits per heavy atom. The van der Waals surface area contributed by atoms with Gasteiger partial charge in [0.15, 0.2) is 6.61 Å². The SMILES string of the molecule is CS(=O)(=O)Nc1cc(C(O)CNCCc2ccc(OCC(=O)O)cc2)ccc1O. The second kappa shape index (κ2) is 10.1. The Morgan fingerprint density at radius 3 is 2.48 bits per heavy atom. The van der Waals surface area contributed by atoms with E-state index in [0.29, 0.717) is 24.3 Å². The predicted molar refractivity (Wildman–Crippen MR) is 108 cm³/mol. The minimum Gasteiger partial charge on any atom is -0.506 e. The molecule has 0 aliphatic rings. The van der Waals surface area contributed by atoms with Crippen LogP contribution < -0.4 is 14.8 Å². The van der Waals surface area contributed by atoms with Crippen LogP contribution in [0, 0.1) is 0 Å². The molecule has 29 heavy (non-hydrogen) atoms. The lowest BCUT2D eigenvalue weighted by atomic mass is 10.1. The molecule has 0 bridgehead atoms. The van der Waals surface area contributed by atoms with Crippen molar-refractivity contribution in [2.45, 2.75) is 12.5 Å². The minimum absolute atomic E-state index is 0.00857. The largest absolute Gasteiger partial charge is 0.506 e. The monoisotopic (exact) mass is 424 g/mol. The standard InChI is InChI=1S/C19H24N2O7S/c1-29(26,27)21-16-10-14(4-7-17(16)22)18(23)11-20-9-8-13-2-5-15(6-3-13)28-12-19(24)25/h2-7,10,18,20-23H,8-9,11-12H2,1H3,(H,24,25). The number of carbonyl (C=O) groups is 1. The van der Waals surface area contributed by atoms with Crippen LogP contribution in [0.25, 0.3) is 0 Å². The van der Waals surface area contributed by atoms with E-state index in [1.54, 1.807) is 12.1 Å². The van der Waals surface area contributed by atoms with Gasteiger partial charge in [-0.1, -0.05) is 18.2 Å². The van der Waals surface area contributed by atoms with Gasteiger partial charge in [0, 0.05) is 6.54 Å². The molecular formula is C19H24N2O7S. The first-order valence-electron chi connectivity index (χ1n) is 8.77. The summed E-state index contributed by atoms with van der Waals surface area (Å²) in [6.07, 6.45) is 0.770. The molecule has 2 aromatic rings. The third-order valence-electron chi connectivity index (χ3n) is 3.91. The van der Waals surface area contributed by atoms with E-state index in [4.69, 9.17) is 9.84 Å². The van der Waals surface area contributed by atoms with E-state index in [9.17, 15) is 23.4 Å². The van der Waals surface area contributed by atoms with Gasteiger partial charge in [0.05, 0.1) is 18.0 Å². The average Bonchev–Trinajstić information content (AvgIpc) is 2.65. The Balaban J connectivity index is 1.82. The van der Waals surface area contributed by atoms with Gasteiger partial charge in [0.25, 0.3) is 0 Å². The maximum Gasteiger partial charge on any atom is 0.341 e. The summed E-state index contributed by atoms with van der Waals surface area (Å²) in [4.78, 5) is 10.5. The lowest BCUT2D eigenvalue weighted by molar-refractivity contribution is -0.139. The molecule has 9 nitrogen and oxygen atoms in total. The van der Waals surface area contributed by atoms with E-state index < -0.39 is 28.7 Å². The number of benzene rings is 2. The first-order chi connectivity index (χ1) is 13.6. The van der Waals surface area contributed by atoms with E-state index in [1.165, 1.54) is 18.2 Å². The molecule has 2 rings (SSSR count). The number of ether oxygens (including phenoxy) is 1. The molecule has 0 aliphatic heterocycles. The summed E-state index contributed by atoms with van der Waals surface area (Å²) < 4.78 is 29.9. The number of carboxylic acid groups (broad SMARTS) is 1. The van der Waals surface area contributed by atoms with Gasteiger partial charge in [0.2, 0.25) is 10.0 Å². The van der Waals surface area contributed by atoms with E-state index >= 15 is 0 Å². The maximum absolute atomic E-state index is 11.3. The lowest BCUT2D eigenvalue weighted by Gasteiger charge is -2.15. The molecule has 158 valence electrons. The highest BCUT2D eigenvalue weighted by atomic mass is 32.2. The molecule has 0 aliphatic carbocycles. The molecule has 0 amide bonds. The van der Waals surface area contributed by atoms with Crippen LogP contribution in [-0.4, -0.2) is 55.7 Å². The number of hydrogen-bond acceptors (Lipinski definition) is 7. The van der Waals surface area contributed by atoms with Gasteiger partial charge in [-0.15, -0.1) is 0 Å². The molecular weight excluding hydrogens is 400 g/mol. The Kier molecular flexibility index (Phi) is 7.82. The molecule has 1 unspecified atom stereocenters. The number of hydrogen-bond donors (Lipinski definition) is 5. The van der Waals surface area contributed by atoms with E-state index in [2.05, 4.69) is 10.0 Å². The zero-order valence-corrected chi connectivity index (χ0v) is 16.6. The van der Waals surface area contributed by atoms with Crippen molar-refractivity contribution in [1.82, 2.24) is 5.32 Å². The van der Waals surface area contributed by atoms with Crippen LogP contribution in [0.1, 0.15) is 17.2 Å². The van der Waals surface area contributed by atoms with Crippen molar-refractivity contribution >= 4 is 21.7 Å². The Labute approximate surface area is 169 Å². The molecule has 0 aromatic heterocycles. The molecule has 5 N–H and O–H groups in total. The fourth-order valence-electron chi connectivity index (χ4n) is 2.53. The number of carboxylic acids is 1. The van der Waals surface area contributed by atoms with Crippen molar-refractivity contribution in [2.24, 2.45) is 0 Å². The van der Waals surface area contributed by atoms with Crippen LogP contribution in [0.2, 0.25) is 0 Å². The number of sulfonamides is 1. The predicted octanol–water partition coefficient (Wildman–Crippen LogP) is 1.09. The summed E-state index contributed by atoms with van der Waals surface area (Å²) in [5.74, 6) is -0.787. The number of aromatic hydroxyl groups is 1. The highest BCUT2D eigenvalue weighted by Gasteiger charge is 2.12. The van der Waals surface area contributed by atoms with Gasteiger partial charge >= 0.3 is 5.97 Å². The van der Waals surface area contributed by atoms with Gasteiger partial charge < -0.3 is 25.4 Å². The molecule has 2 aromatic carbocycles. The van der Waals surface area contributed by atoms with Gasteiger partial charge in [-0.05, 0) is 48.4 Å².